The zero-order chi connectivity index (χ0) is 22.5. The Bertz CT molecular complexity index is 1080. The van der Waals surface area contributed by atoms with Gasteiger partial charge in [0.2, 0.25) is 5.88 Å². The lowest BCUT2D eigenvalue weighted by Gasteiger charge is -2.29. The van der Waals surface area contributed by atoms with E-state index in [1.807, 2.05) is 37.3 Å². The van der Waals surface area contributed by atoms with E-state index < -0.39 is 0 Å². The second-order valence-electron chi connectivity index (χ2n) is 8.14. The lowest BCUT2D eigenvalue weighted by Crippen LogP contribution is -2.39. The Morgan fingerprint density at radius 3 is 2.52 bits per heavy atom. The van der Waals surface area contributed by atoms with Crippen LogP contribution in [0.4, 0.5) is 5.82 Å². The fraction of sp³-hybridized carbons (Fsp3) is 0.458. The van der Waals surface area contributed by atoms with Gasteiger partial charge < -0.3 is 23.8 Å². The fourth-order valence-corrected chi connectivity index (χ4v) is 3.99. The molecular formula is C24H29N5O4. The third-order valence-corrected chi connectivity index (χ3v) is 5.88. The summed E-state index contributed by atoms with van der Waals surface area (Å²) in [5, 5.41) is 0.885. The number of anilines is 1. The monoisotopic (exact) mass is 451 g/mol. The zero-order valence-electron chi connectivity index (χ0n) is 18.9. The second kappa shape index (κ2) is 10.3. The molecule has 5 rings (SSSR count). The number of rotatable bonds is 7. The van der Waals surface area contributed by atoms with E-state index in [0.717, 1.165) is 74.0 Å². The first-order chi connectivity index (χ1) is 16.3. The molecule has 1 aromatic carbocycles. The molecule has 2 aliphatic heterocycles. The first-order valence-corrected chi connectivity index (χ1v) is 11.4. The van der Waals surface area contributed by atoms with E-state index >= 15 is 0 Å². The molecule has 0 spiro atoms. The summed E-state index contributed by atoms with van der Waals surface area (Å²) in [6, 6.07) is 10.2. The van der Waals surface area contributed by atoms with Gasteiger partial charge in [0.05, 0.1) is 43.5 Å². The van der Waals surface area contributed by atoms with Crippen LogP contribution in [0.3, 0.4) is 0 Å². The molecule has 2 aromatic heterocycles. The van der Waals surface area contributed by atoms with Crippen LogP contribution in [0.2, 0.25) is 0 Å². The summed E-state index contributed by atoms with van der Waals surface area (Å²) >= 11 is 0. The molecule has 0 saturated carbocycles. The third kappa shape index (κ3) is 5.32. The molecule has 2 saturated heterocycles. The minimum Gasteiger partial charge on any atom is -0.462 e. The number of pyridine rings is 1. The van der Waals surface area contributed by atoms with Gasteiger partial charge in [0.15, 0.2) is 0 Å². The molecule has 2 aliphatic rings. The molecule has 0 atom stereocenters. The van der Waals surface area contributed by atoms with Crippen molar-refractivity contribution in [3.63, 3.8) is 0 Å². The molecule has 9 nitrogen and oxygen atoms in total. The summed E-state index contributed by atoms with van der Waals surface area (Å²) < 4.78 is 23.0. The number of aromatic nitrogens is 3. The first-order valence-electron chi connectivity index (χ1n) is 11.4. The summed E-state index contributed by atoms with van der Waals surface area (Å²) in [7, 11) is 0. The van der Waals surface area contributed by atoms with E-state index in [1.54, 1.807) is 6.20 Å². The average molecular weight is 452 g/mol. The summed E-state index contributed by atoms with van der Waals surface area (Å²) in [6.07, 6.45) is 1.73. The van der Waals surface area contributed by atoms with Gasteiger partial charge >= 0.3 is 6.01 Å². The van der Waals surface area contributed by atoms with Gasteiger partial charge in [-0.1, -0.05) is 18.2 Å². The van der Waals surface area contributed by atoms with E-state index in [-0.39, 0.29) is 0 Å². The van der Waals surface area contributed by atoms with E-state index in [9.17, 15) is 0 Å². The molecule has 174 valence electrons. The van der Waals surface area contributed by atoms with Crippen LogP contribution in [-0.2, 0) is 9.47 Å². The van der Waals surface area contributed by atoms with Crippen molar-refractivity contribution in [2.75, 3.05) is 70.7 Å². The Hall–Kier alpha value is -3.01. The second-order valence-corrected chi connectivity index (χ2v) is 8.14. The molecule has 2 fully saturated rings. The van der Waals surface area contributed by atoms with Gasteiger partial charge in [-0.25, -0.2) is 4.98 Å². The standard InChI is InChI=1S/C24H29N5O4/c1-18-4-2-3-5-21(18)33-22-16-19-20(17-25-22)26-24(27-23(19)29-9-13-31-14-10-29)32-15-8-28-6-11-30-12-7-28/h2-5,16-17H,6-15H2,1H3. The molecule has 9 heteroatoms. The minimum absolute atomic E-state index is 0.367. The highest BCUT2D eigenvalue weighted by Crippen LogP contribution is 2.31. The van der Waals surface area contributed by atoms with Crippen molar-refractivity contribution in [3.8, 4) is 17.6 Å². The van der Waals surface area contributed by atoms with Gasteiger partial charge in [-0.3, -0.25) is 4.90 Å². The highest BCUT2D eigenvalue weighted by Gasteiger charge is 2.20. The van der Waals surface area contributed by atoms with Crippen molar-refractivity contribution in [2.24, 2.45) is 0 Å². The van der Waals surface area contributed by atoms with Crippen LogP contribution in [0, 0.1) is 6.92 Å². The van der Waals surface area contributed by atoms with Crippen LogP contribution < -0.4 is 14.4 Å². The summed E-state index contributed by atoms with van der Waals surface area (Å²) in [5.41, 5.74) is 1.78. The molecule has 33 heavy (non-hydrogen) atoms. The molecule has 4 heterocycles. The van der Waals surface area contributed by atoms with Crippen LogP contribution in [0.15, 0.2) is 36.5 Å². The lowest BCUT2D eigenvalue weighted by molar-refractivity contribution is 0.0317. The Morgan fingerprint density at radius 1 is 0.970 bits per heavy atom. The normalized spacial score (nSPS) is 17.3. The zero-order valence-corrected chi connectivity index (χ0v) is 18.9. The smallest absolute Gasteiger partial charge is 0.319 e. The van der Waals surface area contributed by atoms with Crippen molar-refractivity contribution >= 4 is 16.7 Å². The highest BCUT2D eigenvalue weighted by atomic mass is 16.5. The Kier molecular flexibility index (Phi) is 6.80. The number of benzene rings is 1. The fourth-order valence-electron chi connectivity index (χ4n) is 3.99. The predicted molar refractivity (Wildman–Crippen MR) is 124 cm³/mol. The van der Waals surface area contributed by atoms with E-state index in [0.29, 0.717) is 31.7 Å². The minimum atomic E-state index is 0.367. The Morgan fingerprint density at radius 2 is 1.73 bits per heavy atom. The van der Waals surface area contributed by atoms with Gasteiger partial charge in [0, 0.05) is 38.8 Å². The molecular weight excluding hydrogens is 422 g/mol. The SMILES string of the molecule is Cc1ccccc1Oc1cc2c(N3CCOCC3)nc(OCCN3CCOCC3)nc2cn1. The van der Waals surface area contributed by atoms with Gasteiger partial charge in [-0.2, -0.15) is 9.97 Å². The number of morpholine rings is 2. The van der Waals surface area contributed by atoms with Gasteiger partial charge in [-0.05, 0) is 18.6 Å². The summed E-state index contributed by atoms with van der Waals surface area (Å²) in [5.74, 6) is 2.11. The van der Waals surface area contributed by atoms with Crippen LogP contribution in [0.25, 0.3) is 10.9 Å². The van der Waals surface area contributed by atoms with Crippen molar-refractivity contribution in [1.29, 1.82) is 0 Å². The largest absolute Gasteiger partial charge is 0.462 e. The molecule has 0 bridgehead atoms. The molecule has 0 unspecified atom stereocenters. The van der Waals surface area contributed by atoms with Gasteiger partial charge in [0.25, 0.3) is 0 Å². The van der Waals surface area contributed by atoms with Crippen molar-refractivity contribution < 1.29 is 18.9 Å². The van der Waals surface area contributed by atoms with E-state index in [4.69, 9.17) is 23.9 Å². The lowest BCUT2D eigenvalue weighted by atomic mass is 10.2. The highest BCUT2D eigenvalue weighted by molar-refractivity contribution is 5.90. The number of ether oxygens (including phenoxy) is 4. The van der Waals surface area contributed by atoms with Crippen LogP contribution in [0.5, 0.6) is 17.6 Å². The maximum absolute atomic E-state index is 6.07. The van der Waals surface area contributed by atoms with E-state index in [1.165, 1.54) is 0 Å². The third-order valence-electron chi connectivity index (χ3n) is 5.88. The number of fused-ring (bicyclic) bond motifs is 1. The summed E-state index contributed by atoms with van der Waals surface area (Å²) in [6.45, 7) is 9.59. The van der Waals surface area contributed by atoms with Gasteiger partial charge in [0.1, 0.15) is 18.2 Å². The van der Waals surface area contributed by atoms with E-state index in [2.05, 4.69) is 19.8 Å². The van der Waals surface area contributed by atoms with Crippen molar-refractivity contribution in [2.45, 2.75) is 6.92 Å². The number of aryl methyl sites for hydroxylation is 1. The van der Waals surface area contributed by atoms with Crippen LogP contribution in [-0.4, -0.2) is 85.6 Å². The van der Waals surface area contributed by atoms with Crippen LogP contribution >= 0.6 is 0 Å². The molecule has 0 radical (unpaired) electrons. The average Bonchev–Trinajstić information content (AvgIpc) is 2.86. The first kappa shape index (κ1) is 21.8. The Labute approximate surface area is 193 Å². The Balaban J connectivity index is 1.40. The quantitative estimate of drug-likeness (QED) is 0.538. The maximum Gasteiger partial charge on any atom is 0.319 e. The molecule has 0 amide bonds. The van der Waals surface area contributed by atoms with Gasteiger partial charge in [-0.15, -0.1) is 0 Å². The molecule has 0 aliphatic carbocycles. The number of hydrogen-bond donors (Lipinski definition) is 0. The van der Waals surface area contributed by atoms with Crippen molar-refractivity contribution in [1.82, 2.24) is 19.9 Å². The number of nitrogens with zero attached hydrogens (tertiary/aromatic N) is 5. The van der Waals surface area contributed by atoms with Crippen LogP contribution in [0.1, 0.15) is 5.56 Å². The summed E-state index contributed by atoms with van der Waals surface area (Å²) in [4.78, 5) is 18.4. The molecule has 3 aromatic rings. The predicted octanol–water partition coefficient (Wildman–Crippen LogP) is 2.67. The van der Waals surface area contributed by atoms with Crippen molar-refractivity contribution in [3.05, 3.63) is 42.1 Å². The maximum atomic E-state index is 6.07. The number of hydrogen-bond acceptors (Lipinski definition) is 9. The topological polar surface area (TPSA) is 82.1 Å². The number of para-hydroxylation sites is 1. The molecule has 0 N–H and O–H groups in total.